The Morgan fingerprint density at radius 2 is 2.14 bits per heavy atom. The van der Waals surface area contributed by atoms with Gasteiger partial charge in [0.05, 0.1) is 23.0 Å². The Morgan fingerprint density at radius 3 is 2.81 bits per heavy atom. The fourth-order valence-electron chi connectivity index (χ4n) is 2.20. The minimum Gasteiger partial charge on any atom is -0.467 e. The molecule has 21 heavy (non-hydrogen) atoms. The van der Waals surface area contributed by atoms with Gasteiger partial charge in [-0.3, -0.25) is 9.69 Å². The normalized spacial score (nSPS) is 11.0. The van der Waals surface area contributed by atoms with E-state index in [-0.39, 0.29) is 5.91 Å². The van der Waals surface area contributed by atoms with Crippen LogP contribution in [0.4, 0.5) is 5.13 Å². The highest BCUT2D eigenvalue weighted by Crippen LogP contribution is 2.32. The minimum absolute atomic E-state index is 0.0418. The summed E-state index contributed by atoms with van der Waals surface area (Å²) >= 11 is 1.53. The highest BCUT2D eigenvalue weighted by molar-refractivity contribution is 7.22. The van der Waals surface area contributed by atoms with Crippen LogP contribution in [0, 0.1) is 13.8 Å². The number of carbonyl (C=O) groups is 1. The highest BCUT2D eigenvalue weighted by Gasteiger charge is 2.18. The third kappa shape index (κ3) is 2.56. The SMILES string of the molecule is CC(=O)N(Cc1ccco1)c1nc2c(C)c(C)ccc2s1. The van der Waals surface area contributed by atoms with Gasteiger partial charge in [0.1, 0.15) is 5.76 Å². The number of fused-ring (bicyclic) bond motifs is 1. The lowest BCUT2D eigenvalue weighted by atomic mass is 10.1. The molecule has 0 spiro atoms. The van der Waals surface area contributed by atoms with Gasteiger partial charge in [0.15, 0.2) is 5.13 Å². The maximum Gasteiger partial charge on any atom is 0.226 e. The number of benzene rings is 1. The Labute approximate surface area is 127 Å². The molecule has 1 amide bonds. The van der Waals surface area contributed by atoms with Gasteiger partial charge in [0.25, 0.3) is 0 Å². The Morgan fingerprint density at radius 1 is 1.33 bits per heavy atom. The molecule has 0 saturated carbocycles. The first-order chi connectivity index (χ1) is 10.1. The Hall–Kier alpha value is -2.14. The second-order valence-electron chi connectivity index (χ2n) is 5.04. The van der Waals surface area contributed by atoms with E-state index in [2.05, 4.69) is 31.0 Å². The molecule has 0 fully saturated rings. The van der Waals surface area contributed by atoms with Gasteiger partial charge in [-0.25, -0.2) is 4.98 Å². The zero-order valence-corrected chi connectivity index (χ0v) is 13.0. The largest absolute Gasteiger partial charge is 0.467 e. The summed E-state index contributed by atoms with van der Waals surface area (Å²) in [5.74, 6) is 0.706. The molecule has 2 heterocycles. The van der Waals surface area contributed by atoms with Crippen molar-refractivity contribution in [2.24, 2.45) is 0 Å². The molecule has 0 bridgehead atoms. The van der Waals surface area contributed by atoms with E-state index in [0.29, 0.717) is 11.7 Å². The highest BCUT2D eigenvalue weighted by atomic mass is 32.1. The predicted molar refractivity (Wildman–Crippen MR) is 84.7 cm³/mol. The van der Waals surface area contributed by atoms with Crippen LogP contribution in [-0.4, -0.2) is 10.9 Å². The summed E-state index contributed by atoms with van der Waals surface area (Å²) in [5, 5.41) is 0.711. The van der Waals surface area contributed by atoms with E-state index in [9.17, 15) is 4.79 Å². The number of anilines is 1. The van der Waals surface area contributed by atoms with Crippen LogP contribution in [0.25, 0.3) is 10.2 Å². The molecule has 0 N–H and O–H groups in total. The Balaban J connectivity index is 2.03. The monoisotopic (exact) mass is 300 g/mol. The first-order valence-corrected chi connectivity index (χ1v) is 7.55. The number of nitrogens with zero attached hydrogens (tertiary/aromatic N) is 2. The molecule has 1 aromatic carbocycles. The molecule has 0 aliphatic rings. The van der Waals surface area contributed by atoms with E-state index in [1.165, 1.54) is 16.9 Å². The third-order valence-corrected chi connectivity index (χ3v) is 4.62. The maximum absolute atomic E-state index is 12.0. The molecular formula is C16H16N2O2S. The predicted octanol–water partition coefficient (Wildman–Crippen LogP) is 4.06. The van der Waals surface area contributed by atoms with Crippen molar-refractivity contribution in [1.29, 1.82) is 0 Å². The van der Waals surface area contributed by atoms with Crippen molar-refractivity contribution in [3.63, 3.8) is 0 Å². The van der Waals surface area contributed by atoms with Crippen LogP contribution < -0.4 is 4.90 Å². The van der Waals surface area contributed by atoms with Crippen LogP contribution in [0.2, 0.25) is 0 Å². The minimum atomic E-state index is -0.0418. The number of carbonyl (C=O) groups excluding carboxylic acids is 1. The molecule has 108 valence electrons. The van der Waals surface area contributed by atoms with Crippen LogP contribution in [0.1, 0.15) is 23.8 Å². The summed E-state index contributed by atoms with van der Waals surface area (Å²) in [6.07, 6.45) is 1.61. The van der Waals surface area contributed by atoms with E-state index in [4.69, 9.17) is 4.42 Å². The van der Waals surface area contributed by atoms with Crippen molar-refractivity contribution in [2.75, 3.05) is 4.90 Å². The van der Waals surface area contributed by atoms with Gasteiger partial charge in [0, 0.05) is 6.92 Å². The first-order valence-electron chi connectivity index (χ1n) is 6.73. The number of aryl methyl sites for hydroxylation is 2. The topological polar surface area (TPSA) is 46.3 Å². The fraction of sp³-hybridized carbons (Fsp3) is 0.250. The number of aromatic nitrogens is 1. The second-order valence-corrected chi connectivity index (χ2v) is 6.04. The third-order valence-electron chi connectivity index (χ3n) is 3.58. The standard InChI is InChI=1S/C16H16N2O2S/c1-10-6-7-14-15(11(10)2)17-16(21-14)18(12(3)19)9-13-5-4-8-20-13/h4-8H,9H2,1-3H3. The van der Waals surface area contributed by atoms with Gasteiger partial charge < -0.3 is 4.42 Å². The molecule has 3 aromatic rings. The average Bonchev–Trinajstić information content (AvgIpc) is 3.09. The van der Waals surface area contributed by atoms with E-state index in [1.807, 2.05) is 12.1 Å². The number of amides is 1. The van der Waals surface area contributed by atoms with Gasteiger partial charge in [-0.2, -0.15) is 0 Å². The van der Waals surface area contributed by atoms with Crippen molar-refractivity contribution in [3.8, 4) is 0 Å². The molecule has 0 atom stereocenters. The molecule has 0 unspecified atom stereocenters. The number of thiazole rings is 1. The van der Waals surface area contributed by atoms with E-state index < -0.39 is 0 Å². The summed E-state index contributed by atoms with van der Waals surface area (Å²) in [7, 11) is 0. The van der Waals surface area contributed by atoms with E-state index in [0.717, 1.165) is 21.5 Å². The van der Waals surface area contributed by atoms with Crippen molar-refractivity contribution < 1.29 is 9.21 Å². The van der Waals surface area contributed by atoms with Gasteiger partial charge in [-0.15, -0.1) is 0 Å². The quantitative estimate of drug-likeness (QED) is 0.733. The molecule has 2 aromatic heterocycles. The molecular weight excluding hydrogens is 284 g/mol. The Bertz CT molecular complexity index is 790. The second kappa shape index (κ2) is 5.33. The lowest BCUT2D eigenvalue weighted by molar-refractivity contribution is -0.116. The zero-order valence-electron chi connectivity index (χ0n) is 12.2. The number of furan rings is 1. The molecule has 0 saturated heterocycles. The molecule has 3 rings (SSSR count). The van der Waals surface area contributed by atoms with Crippen molar-refractivity contribution >= 4 is 32.6 Å². The van der Waals surface area contributed by atoms with Crippen LogP contribution in [-0.2, 0) is 11.3 Å². The fourth-order valence-corrected chi connectivity index (χ4v) is 3.27. The maximum atomic E-state index is 12.0. The number of hydrogen-bond donors (Lipinski definition) is 0. The molecule has 0 aliphatic heterocycles. The summed E-state index contributed by atoms with van der Waals surface area (Å²) in [6, 6.07) is 7.83. The van der Waals surface area contributed by atoms with Gasteiger partial charge in [-0.05, 0) is 43.2 Å². The summed E-state index contributed by atoms with van der Waals surface area (Å²) in [4.78, 5) is 18.3. The van der Waals surface area contributed by atoms with Crippen molar-refractivity contribution in [2.45, 2.75) is 27.3 Å². The zero-order chi connectivity index (χ0) is 15.0. The lowest BCUT2D eigenvalue weighted by Crippen LogP contribution is -2.27. The summed E-state index contributed by atoms with van der Waals surface area (Å²) < 4.78 is 6.43. The van der Waals surface area contributed by atoms with Crippen LogP contribution in [0.5, 0.6) is 0 Å². The first kappa shape index (κ1) is 13.8. The van der Waals surface area contributed by atoms with E-state index in [1.54, 1.807) is 18.1 Å². The van der Waals surface area contributed by atoms with Gasteiger partial charge >= 0.3 is 0 Å². The molecule has 4 nitrogen and oxygen atoms in total. The van der Waals surface area contributed by atoms with Crippen molar-refractivity contribution in [1.82, 2.24) is 4.98 Å². The van der Waals surface area contributed by atoms with Crippen LogP contribution in [0.15, 0.2) is 34.9 Å². The van der Waals surface area contributed by atoms with Crippen LogP contribution in [0.3, 0.4) is 0 Å². The number of rotatable bonds is 3. The summed E-state index contributed by atoms with van der Waals surface area (Å²) in [6.45, 7) is 6.08. The van der Waals surface area contributed by atoms with E-state index >= 15 is 0 Å². The molecule has 0 aliphatic carbocycles. The van der Waals surface area contributed by atoms with Gasteiger partial charge in [-0.1, -0.05) is 17.4 Å². The summed E-state index contributed by atoms with van der Waals surface area (Å²) in [5.41, 5.74) is 3.34. The average molecular weight is 300 g/mol. The molecule has 5 heteroatoms. The Kier molecular flexibility index (Phi) is 3.51. The van der Waals surface area contributed by atoms with Crippen molar-refractivity contribution in [3.05, 3.63) is 47.4 Å². The van der Waals surface area contributed by atoms with Gasteiger partial charge in [0.2, 0.25) is 5.91 Å². The lowest BCUT2D eigenvalue weighted by Gasteiger charge is -2.15. The van der Waals surface area contributed by atoms with Crippen LogP contribution >= 0.6 is 11.3 Å². The molecule has 0 radical (unpaired) electrons. The smallest absolute Gasteiger partial charge is 0.226 e. The number of hydrogen-bond acceptors (Lipinski definition) is 4.